The first-order valence-corrected chi connectivity index (χ1v) is 7.14. The molecule has 2 amide bonds. The predicted octanol–water partition coefficient (Wildman–Crippen LogP) is 0.804. The van der Waals surface area contributed by atoms with Gasteiger partial charge in [-0.1, -0.05) is 17.3 Å². The van der Waals surface area contributed by atoms with Gasteiger partial charge < -0.3 is 15.4 Å². The third-order valence-electron chi connectivity index (χ3n) is 2.91. The smallest absolute Gasteiger partial charge is 0.233 e. The van der Waals surface area contributed by atoms with Gasteiger partial charge >= 0.3 is 0 Å². The Bertz CT molecular complexity index is 658. The van der Waals surface area contributed by atoms with Crippen molar-refractivity contribution in [1.82, 2.24) is 25.9 Å². The number of amides is 2. The van der Waals surface area contributed by atoms with Crippen molar-refractivity contribution < 1.29 is 14.3 Å². The van der Waals surface area contributed by atoms with E-state index in [1.165, 1.54) is 0 Å². The van der Waals surface area contributed by atoms with Crippen LogP contribution >= 0.6 is 0 Å². The minimum absolute atomic E-state index is 0.317. The van der Waals surface area contributed by atoms with E-state index in [0.717, 1.165) is 0 Å². The fourth-order valence-electron chi connectivity index (χ4n) is 1.90. The average Bonchev–Trinajstić information content (AvgIpc) is 3.03. The monoisotopic (exact) mass is 318 g/mol. The number of hydrogen-bond acceptors (Lipinski definition) is 6. The fourth-order valence-corrected chi connectivity index (χ4v) is 1.90. The molecule has 0 aliphatic rings. The van der Waals surface area contributed by atoms with Crippen LogP contribution in [0.2, 0.25) is 0 Å². The van der Waals surface area contributed by atoms with Gasteiger partial charge in [0.1, 0.15) is 12.2 Å². The SMILES string of the molecule is CCOc1ccccc1NC(=O)CC(=O)N[C@H](C)c1nn[nH]n1. The second kappa shape index (κ2) is 7.87. The van der Waals surface area contributed by atoms with Crippen LogP contribution in [0.25, 0.3) is 0 Å². The molecule has 2 rings (SSSR count). The molecule has 0 fully saturated rings. The molecule has 0 radical (unpaired) electrons. The number of H-pyrrole nitrogens is 1. The van der Waals surface area contributed by atoms with Crippen LogP contribution in [0.3, 0.4) is 0 Å². The number of benzene rings is 1. The van der Waals surface area contributed by atoms with Crippen molar-refractivity contribution in [2.75, 3.05) is 11.9 Å². The Kier molecular flexibility index (Phi) is 5.61. The molecule has 0 saturated heterocycles. The molecule has 9 nitrogen and oxygen atoms in total. The van der Waals surface area contributed by atoms with E-state index < -0.39 is 17.9 Å². The lowest BCUT2D eigenvalue weighted by atomic mass is 10.2. The van der Waals surface area contributed by atoms with Crippen LogP contribution in [-0.2, 0) is 9.59 Å². The molecule has 0 aliphatic heterocycles. The van der Waals surface area contributed by atoms with Crippen LogP contribution in [-0.4, -0.2) is 39.0 Å². The van der Waals surface area contributed by atoms with Gasteiger partial charge in [-0.2, -0.15) is 5.21 Å². The van der Waals surface area contributed by atoms with Gasteiger partial charge in [-0.15, -0.1) is 10.2 Å². The summed E-state index contributed by atoms with van der Waals surface area (Å²) in [5, 5.41) is 18.5. The third-order valence-corrected chi connectivity index (χ3v) is 2.91. The number of aromatic nitrogens is 4. The molecule has 23 heavy (non-hydrogen) atoms. The number of nitrogens with zero attached hydrogens (tertiary/aromatic N) is 3. The largest absolute Gasteiger partial charge is 0.492 e. The quantitative estimate of drug-likeness (QED) is 0.649. The Morgan fingerprint density at radius 1 is 1.30 bits per heavy atom. The van der Waals surface area contributed by atoms with Crippen LogP contribution in [0.5, 0.6) is 5.75 Å². The van der Waals surface area contributed by atoms with E-state index in [0.29, 0.717) is 23.9 Å². The number of aromatic amines is 1. The Labute approximate surface area is 132 Å². The molecule has 3 N–H and O–H groups in total. The van der Waals surface area contributed by atoms with E-state index in [1.54, 1.807) is 31.2 Å². The number of tetrazole rings is 1. The van der Waals surface area contributed by atoms with Gasteiger partial charge in [0.2, 0.25) is 11.8 Å². The van der Waals surface area contributed by atoms with Gasteiger partial charge in [0.15, 0.2) is 5.82 Å². The van der Waals surface area contributed by atoms with Crippen molar-refractivity contribution in [1.29, 1.82) is 0 Å². The van der Waals surface area contributed by atoms with E-state index in [2.05, 4.69) is 31.3 Å². The minimum Gasteiger partial charge on any atom is -0.492 e. The summed E-state index contributed by atoms with van der Waals surface area (Å²) in [7, 11) is 0. The maximum Gasteiger partial charge on any atom is 0.233 e. The number of anilines is 1. The molecule has 1 atom stereocenters. The molecule has 0 bridgehead atoms. The van der Waals surface area contributed by atoms with Crippen molar-refractivity contribution in [2.45, 2.75) is 26.3 Å². The Morgan fingerprint density at radius 3 is 2.78 bits per heavy atom. The molecule has 9 heteroatoms. The average molecular weight is 318 g/mol. The van der Waals surface area contributed by atoms with E-state index in [9.17, 15) is 9.59 Å². The van der Waals surface area contributed by atoms with Gasteiger partial charge in [-0.25, -0.2) is 0 Å². The molecule has 1 aromatic heterocycles. The lowest BCUT2D eigenvalue weighted by Gasteiger charge is -2.12. The molecule has 0 aliphatic carbocycles. The summed E-state index contributed by atoms with van der Waals surface area (Å²) in [6.07, 6.45) is -0.317. The summed E-state index contributed by atoms with van der Waals surface area (Å²) in [6, 6.07) is 6.60. The van der Waals surface area contributed by atoms with Gasteiger partial charge in [0.05, 0.1) is 18.3 Å². The molecule has 0 unspecified atom stereocenters. The first-order valence-electron chi connectivity index (χ1n) is 7.14. The second-order valence-corrected chi connectivity index (χ2v) is 4.71. The van der Waals surface area contributed by atoms with Crippen molar-refractivity contribution in [2.24, 2.45) is 0 Å². The highest BCUT2D eigenvalue weighted by atomic mass is 16.5. The fraction of sp³-hybridized carbons (Fsp3) is 0.357. The van der Waals surface area contributed by atoms with Gasteiger partial charge in [0, 0.05) is 0 Å². The number of rotatable bonds is 7. The first-order chi connectivity index (χ1) is 11.1. The standard InChI is InChI=1S/C14H18N6O3/c1-3-23-11-7-5-4-6-10(11)16-13(22)8-12(21)15-9(2)14-17-19-20-18-14/h4-7,9H,3,8H2,1-2H3,(H,15,21)(H,16,22)(H,17,18,19,20)/t9-/m1/s1. The zero-order valence-corrected chi connectivity index (χ0v) is 12.9. The maximum atomic E-state index is 12.0. The summed E-state index contributed by atoms with van der Waals surface area (Å²) in [4.78, 5) is 23.8. The number of para-hydroxylation sites is 2. The molecule has 2 aromatic rings. The summed E-state index contributed by atoms with van der Waals surface area (Å²) in [5.74, 6) is 0.0352. The van der Waals surface area contributed by atoms with Crippen molar-refractivity contribution in [3.05, 3.63) is 30.1 Å². The van der Waals surface area contributed by atoms with E-state index in [-0.39, 0.29) is 6.42 Å². The van der Waals surface area contributed by atoms with Gasteiger partial charge in [-0.05, 0) is 26.0 Å². The number of ether oxygens (including phenoxy) is 1. The van der Waals surface area contributed by atoms with E-state index in [4.69, 9.17) is 4.74 Å². The minimum atomic E-state index is -0.440. The highest BCUT2D eigenvalue weighted by molar-refractivity contribution is 6.04. The zero-order chi connectivity index (χ0) is 16.7. The second-order valence-electron chi connectivity index (χ2n) is 4.71. The Morgan fingerprint density at radius 2 is 2.09 bits per heavy atom. The van der Waals surface area contributed by atoms with E-state index >= 15 is 0 Å². The summed E-state index contributed by atoms with van der Waals surface area (Å²) in [5.41, 5.74) is 0.526. The number of hydrogen-bond donors (Lipinski definition) is 3. The molecule has 0 saturated carbocycles. The zero-order valence-electron chi connectivity index (χ0n) is 12.9. The Balaban J connectivity index is 1.88. The number of carbonyl (C=O) groups is 2. The van der Waals surface area contributed by atoms with Crippen LogP contribution in [0, 0.1) is 0 Å². The molecular weight excluding hydrogens is 300 g/mol. The maximum absolute atomic E-state index is 12.0. The van der Waals surface area contributed by atoms with Crippen molar-refractivity contribution in [3.8, 4) is 5.75 Å². The van der Waals surface area contributed by atoms with Crippen molar-refractivity contribution >= 4 is 17.5 Å². The third kappa shape index (κ3) is 4.77. The van der Waals surface area contributed by atoms with Crippen LogP contribution in [0.4, 0.5) is 5.69 Å². The molecule has 0 spiro atoms. The lowest BCUT2D eigenvalue weighted by molar-refractivity contribution is -0.127. The summed E-state index contributed by atoms with van der Waals surface area (Å²) < 4.78 is 5.41. The topological polar surface area (TPSA) is 122 Å². The highest BCUT2D eigenvalue weighted by Gasteiger charge is 2.16. The van der Waals surface area contributed by atoms with Crippen LogP contribution in [0.1, 0.15) is 32.1 Å². The molecule has 1 aromatic carbocycles. The van der Waals surface area contributed by atoms with E-state index in [1.807, 2.05) is 6.92 Å². The number of carbonyl (C=O) groups excluding carboxylic acids is 2. The van der Waals surface area contributed by atoms with Gasteiger partial charge in [-0.3, -0.25) is 9.59 Å². The number of nitrogens with one attached hydrogen (secondary N) is 3. The first kappa shape index (κ1) is 16.4. The highest BCUT2D eigenvalue weighted by Crippen LogP contribution is 2.23. The summed E-state index contributed by atoms with van der Waals surface area (Å²) in [6.45, 7) is 4.03. The van der Waals surface area contributed by atoms with Crippen molar-refractivity contribution in [3.63, 3.8) is 0 Å². The predicted molar refractivity (Wildman–Crippen MR) is 81.6 cm³/mol. The van der Waals surface area contributed by atoms with Gasteiger partial charge in [0.25, 0.3) is 0 Å². The Hall–Kier alpha value is -2.97. The molecular formula is C14H18N6O3. The van der Waals surface area contributed by atoms with Crippen LogP contribution in [0.15, 0.2) is 24.3 Å². The van der Waals surface area contributed by atoms with Crippen LogP contribution < -0.4 is 15.4 Å². The molecule has 1 heterocycles. The molecule has 122 valence electrons. The lowest BCUT2D eigenvalue weighted by Crippen LogP contribution is -2.31. The normalized spacial score (nSPS) is 11.6. The summed E-state index contributed by atoms with van der Waals surface area (Å²) >= 11 is 0.